The number of ether oxygens (including phenoxy) is 1. The summed E-state index contributed by atoms with van der Waals surface area (Å²) in [6.07, 6.45) is 0. The molecule has 0 saturated carbocycles. The molecular weight excluding hydrogens is 320 g/mol. The van der Waals surface area contributed by atoms with E-state index >= 15 is 0 Å². The van der Waals surface area contributed by atoms with Crippen LogP contribution in [0.4, 0.5) is 0 Å². The largest absolute Gasteiger partial charge is 0.497 e. The molecule has 2 aromatic rings. The van der Waals surface area contributed by atoms with Gasteiger partial charge in [-0.1, -0.05) is 12.1 Å². The van der Waals surface area contributed by atoms with Crippen LogP contribution < -0.4 is 10.1 Å². The number of carbonyl (C=O) groups is 2. The summed E-state index contributed by atoms with van der Waals surface area (Å²) < 4.78 is 7.13. The molecule has 1 aromatic carbocycles. The zero-order valence-electron chi connectivity index (χ0n) is 15.2. The maximum absolute atomic E-state index is 12.7. The molecule has 0 aliphatic heterocycles. The summed E-state index contributed by atoms with van der Waals surface area (Å²) in [5.41, 5.74) is 2.77. The highest BCUT2D eigenvalue weighted by atomic mass is 16.5. The molecule has 134 valence electrons. The van der Waals surface area contributed by atoms with Gasteiger partial charge in [-0.15, -0.1) is 0 Å². The molecular formula is C19H24N2O4. The molecule has 2 N–H and O–H groups in total. The van der Waals surface area contributed by atoms with E-state index in [0.29, 0.717) is 16.9 Å². The Balaban J connectivity index is 2.29. The third-order valence-corrected chi connectivity index (χ3v) is 4.22. The molecule has 2 rings (SSSR count). The van der Waals surface area contributed by atoms with Gasteiger partial charge in [0.15, 0.2) is 6.04 Å². The lowest BCUT2D eigenvalue weighted by Crippen LogP contribution is -2.34. The third kappa shape index (κ3) is 3.84. The quantitative estimate of drug-likeness (QED) is 0.843. The molecule has 0 spiro atoms. The van der Waals surface area contributed by atoms with E-state index in [-0.39, 0.29) is 6.04 Å². The number of hydrogen-bond donors (Lipinski definition) is 2. The van der Waals surface area contributed by atoms with Gasteiger partial charge >= 0.3 is 5.97 Å². The Morgan fingerprint density at radius 1 is 1.16 bits per heavy atom. The molecule has 0 saturated heterocycles. The van der Waals surface area contributed by atoms with E-state index in [0.717, 1.165) is 11.4 Å². The van der Waals surface area contributed by atoms with Crippen LogP contribution in [0.1, 0.15) is 53.2 Å². The lowest BCUT2D eigenvalue weighted by molar-refractivity contribution is -0.139. The highest BCUT2D eigenvalue weighted by molar-refractivity contribution is 5.98. The number of carboxylic acid groups (broad SMARTS) is 1. The van der Waals surface area contributed by atoms with Crippen molar-refractivity contribution in [2.24, 2.45) is 0 Å². The van der Waals surface area contributed by atoms with Crippen LogP contribution in [0.2, 0.25) is 0 Å². The van der Waals surface area contributed by atoms with Gasteiger partial charge in [0.1, 0.15) is 5.75 Å². The van der Waals surface area contributed by atoms with Gasteiger partial charge in [-0.3, -0.25) is 4.79 Å². The molecule has 0 bridgehead atoms. The first kappa shape index (κ1) is 18.6. The maximum atomic E-state index is 12.7. The first-order valence-corrected chi connectivity index (χ1v) is 8.12. The fraction of sp³-hybridized carbons (Fsp3) is 0.368. The summed E-state index contributed by atoms with van der Waals surface area (Å²) in [6, 6.07) is 7.49. The van der Waals surface area contributed by atoms with Gasteiger partial charge in [-0.05, 0) is 51.5 Å². The van der Waals surface area contributed by atoms with E-state index in [9.17, 15) is 14.7 Å². The fourth-order valence-corrected chi connectivity index (χ4v) is 3.09. The van der Waals surface area contributed by atoms with Gasteiger partial charge < -0.3 is 19.7 Å². The van der Waals surface area contributed by atoms with Crippen LogP contribution in [0, 0.1) is 13.8 Å². The smallest absolute Gasteiger partial charge is 0.330 e. The van der Waals surface area contributed by atoms with Gasteiger partial charge in [0, 0.05) is 17.4 Å². The molecule has 6 nitrogen and oxygen atoms in total. The van der Waals surface area contributed by atoms with Crippen LogP contribution in [0.15, 0.2) is 30.3 Å². The van der Waals surface area contributed by atoms with Crippen molar-refractivity contribution in [2.75, 3.05) is 7.11 Å². The van der Waals surface area contributed by atoms with Crippen LogP contribution in [-0.4, -0.2) is 28.7 Å². The maximum Gasteiger partial charge on any atom is 0.330 e. The molecule has 1 amide bonds. The van der Waals surface area contributed by atoms with E-state index in [4.69, 9.17) is 4.74 Å². The van der Waals surface area contributed by atoms with E-state index in [1.807, 2.05) is 27.7 Å². The number of hydrogen-bond acceptors (Lipinski definition) is 3. The van der Waals surface area contributed by atoms with Crippen LogP contribution in [0.5, 0.6) is 5.75 Å². The predicted octanol–water partition coefficient (Wildman–Crippen LogP) is 3.25. The van der Waals surface area contributed by atoms with Crippen molar-refractivity contribution < 1.29 is 19.4 Å². The van der Waals surface area contributed by atoms with Crippen LogP contribution in [-0.2, 0) is 4.79 Å². The third-order valence-electron chi connectivity index (χ3n) is 4.22. The Kier molecular flexibility index (Phi) is 5.51. The molecule has 25 heavy (non-hydrogen) atoms. The molecule has 1 atom stereocenters. The topological polar surface area (TPSA) is 80.6 Å². The molecule has 1 aromatic heterocycles. The summed E-state index contributed by atoms with van der Waals surface area (Å²) in [5, 5.41) is 12.1. The minimum Gasteiger partial charge on any atom is -0.497 e. The summed E-state index contributed by atoms with van der Waals surface area (Å²) in [5.74, 6) is -0.890. The number of methoxy groups -OCH3 is 1. The predicted molar refractivity (Wildman–Crippen MR) is 95.1 cm³/mol. The number of carbonyl (C=O) groups excluding carboxylic acids is 1. The number of nitrogens with zero attached hydrogens (tertiary/aromatic N) is 1. The number of carboxylic acids is 1. The van der Waals surface area contributed by atoms with Crippen molar-refractivity contribution in [1.29, 1.82) is 0 Å². The molecule has 1 heterocycles. The first-order valence-electron chi connectivity index (χ1n) is 8.12. The standard InChI is InChI=1S/C19H24N2O4/c1-11(2)21-12(3)10-16(13(21)4)18(22)20-17(19(23)24)14-6-8-15(25-5)9-7-14/h6-11,17H,1-5H3,(H,20,22)(H,23,24). The van der Waals surface area contributed by atoms with Crippen molar-refractivity contribution in [2.45, 2.75) is 39.8 Å². The van der Waals surface area contributed by atoms with Crippen LogP contribution in [0.25, 0.3) is 0 Å². The average Bonchev–Trinajstić information content (AvgIpc) is 2.87. The lowest BCUT2D eigenvalue weighted by Gasteiger charge is -2.16. The van der Waals surface area contributed by atoms with Gasteiger partial charge in [0.25, 0.3) is 5.91 Å². The van der Waals surface area contributed by atoms with Crippen molar-refractivity contribution >= 4 is 11.9 Å². The number of amides is 1. The molecule has 0 aliphatic rings. The van der Waals surface area contributed by atoms with Crippen molar-refractivity contribution in [3.8, 4) is 5.75 Å². The van der Waals surface area contributed by atoms with Crippen molar-refractivity contribution in [1.82, 2.24) is 9.88 Å². The Hall–Kier alpha value is -2.76. The Morgan fingerprint density at radius 2 is 1.76 bits per heavy atom. The van der Waals surface area contributed by atoms with Crippen molar-refractivity contribution in [3.05, 3.63) is 52.8 Å². The second-order valence-electron chi connectivity index (χ2n) is 6.27. The average molecular weight is 344 g/mol. The Bertz CT molecular complexity index is 775. The van der Waals surface area contributed by atoms with E-state index in [1.54, 1.807) is 30.3 Å². The molecule has 6 heteroatoms. The van der Waals surface area contributed by atoms with Crippen molar-refractivity contribution in [3.63, 3.8) is 0 Å². The number of nitrogens with one attached hydrogen (secondary N) is 1. The van der Waals surface area contributed by atoms with Gasteiger partial charge in [0.2, 0.25) is 0 Å². The molecule has 0 aliphatic carbocycles. The van der Waals surface area contributed by atoms with E-state index < -0.39 is 17.9 Å². The second kappa shape index (κ2) is 7.42. The van der Waals surface area contributed by atoms with Gasteiger partial charge in [-0.2, -0.15) is 0 Å². The zero-order chi connectivity index (χ0) is 18.7. The normalized spacial score (nSPS) is 12.1. The fourth-order valence-electron chi connectivity index (χ4n) is 3.09. The number of aryl methyl sites for hydroxylation is 1. The number of rotatable bonds is 6. The summed E-state index contributed by atoms with van der Waals surface area (Å²) in [4.78, 5) is 24.3. The Morgan fingerprint density at radius 3 is 2.20 bits per heavy atom. The van der Waals surface area contributed by atoms with Crippen LogP contribution in [0.3, 0.4) is 0 Å². The number of aromatic nitrogens is 1. The summed E-state index contributed by atoms with van der Waals surface area (Å²) in [6.45, 7) is 7.88. The highest BCUT2D eigenvalue weighted by Gasteiger charge is 2.25. The number of aliphatic carboxylic acids is 1. The molecule has 0 fully saturated rings. The van der Waals surface area contributed by atoms with Gasteiger partial charge in [-0.25, -0.2) is 4.79 Å². The first-order chi connectivity index (χ1) is 11.8. The highest BCUT2D eigenvalue weighted by Crippen LogP contribution is 2.22. The monoisotopic (exact) mass is 344 g/mol. The minimum atomic E-state index is -1.12. The zero-order valence-corrected chi connectivity index (χ0v) is 15.2. The Labute approximate surface area is 147 Å². The SMILES string of the molecule is COc1ccc(C(NC(=O)c2cc(C)n(C(C)C)c2C)C(=O)O)cc1. The minimum absolute atomic E-state index is 0.221. The van der Waals surface area contributed by atoms with Gasteiger partial charge in [0.05, 0.1) is 12.7 Å². The summed E-state index contributed by atoms with van der Waals surface area (Å²) in [7, 11) is 1.54. The van der Waals surface area contributed by atoms with Crippen LogP contribution >= 0.6 is 0 Å². The molecule has 0 radical (unpaired) electrons. The van der Waals surface area contributed by atoms with E-state index in [1.165, 1.54) is 7.11 Å². The lowest BCUT2D eigenvalue weighted by atomic mass is 10.1. The molecule has 1 unspecified atom stereocenters. The summed E-state index contributed by atoms with van der Waals surface area (Å²) >= 11 is 0. The second-order valence-corrected chi connectivity index (χ2v) is 6.27. The van der Waals surface area contributed by atoms with E-state index in [2.05, 4.69) is 9.88 Å². The number of benzene rings is 1.